The molecule has 0 radical (unpaired) electrons. The number of rotatable bonds is 14. The minimum absolute atomic E-state index is 0.108. The average Bonchev–Trinajstić information content (AvgIpc) is 2.85. The fourth-order valence-electron chi connectivity index (χ4n) is 5.03. The molecule has 1 aromatic carbocycles. The molecule has 34 heavy (non-hydrogen) atoms. The summed E-state index contributed by atoms with van der Waals surface area (Å²) in [5, 5.41) is 2.93. The van der Waals surface area contributed by atoms with Gasteiger partial charge in [-0.25, -0.2) is 4.79 Å². The van der Waals surface area contributed by atoms with Gasteiger partial charge in [0.25, 0.3) is 0 Å². The van der Waals surface area contributed by atoms with E-state index in [0.717, 1.165) is 57.1 Å². The normalized spacial score (nSPS) is 17.6. The minimum atomic E-state index is -0.368. The molecule has 0 spiro atoms. The topological polar surface area (TPSA) is 54.0 Å². The Morgan fingerprint density at radius 3 is 2.15 bits per heavy atom. The van der Waals surface area contributed by atoms with Crippen molar-refractivity contribution in [2.45, 2.75) is 90.1 Å². The zero-order valence-corrected chi connectivity index (χ0v) is 21.4. The maximum Gasteiger partial charge on any atom is 0.411 e. The molecule has 2 saturated heterocycles. The second-order valence-electron chi connectivity index (χ2n) is 10.0. The smallest absolute Gasteiger partial charge is 0.411 e. The quantitative estimate of drug-likeness (QED) is 0.321. The van der Waals surface area contributed by atoms with Crippen molar-refractivity contribution in [1.29, 1.82) is 0 Å². The van der Waals surface area contributed by atoms with E-state index in [9.17, 15) is 4.79 Å². The van der Waals surface area contributed by atoms with Crippen LogP contribution in [0.25, 0.3) is 0 Å². The van der Waals surface area contributed by atoms with Gasteiger partial charge in [-0.3, -0.25) is 15.1 Å². The summed E-state index contributed by atoms with van der Waals surface area (Å²) in [5.41, 5.74) is 0.722. The van der Waals surface area contributed by atoms with Crippen LogP contribution in [0.1, 0.15) is 84.0 Å². The van der Waals surface area contributed by atoms with Crippen LogP contribution in [0, 0.1) is 0 Å². The molecule has 6 heteroatoms. The lowest BCUT2D eigenvalue weighted by atomic mass is 10.1. The van der Waals surface area contributed by atoms with Crippen LogP contribution in [-0.4, -0.2) is 67.9 Å². The summed E-state index contributed by atoms with van der Waals surface area (Å²) in [6.45, 7) is 9.05. The third-order valence-electron chi connectivity index (χ3n) is 6.94. The van der Waals surface area contributed by atoms with E-state index >= 15 is 0 Å². The Bertz CT molecular complexity index is 667. The number of likely N-dealkylation sites (tertiary alicyclic amines) is 2. The van der Waals surface area contributed by atoms with E-state index in [4.69, 9.17) is 9.47 Å². The van der Waals surface area contributed by atoms with E-state index in [0.29, 0.717) is 6.61 Å². The standard InChI is InChI=1S/C28H47N3O3/c1-2-3-4-5-6-13-21-33-26-16-14-15-25(22-26)29-28(32)34-27(23-30-17-9-7-10-18-30)24-31-19-11-8-12-20-31/h14-16,22,27H,2-13,17-21,23-24H2,1H3,(H,29,32). The lowest BCUT2D eigenvalue weighted by Crippen LogP contribution is -2.45. The Morgan fingerprint density at radius 1 is 0.882 bits per heavy atom. The number of hydrogen-bond acceptors (Lipinski definition) is 5. The van der Waals surface area contributed by atoms with Crippen LogP contribution in [0.3, 0.4) is 0 Å². The van der Waals surface area contributed by atoms with Crippen LogP contribution in [0.2, 0.25) is 0 Å². The first kappa shape index (κ1) is 26.8. The molecule has 0 unspecified atom stereocenters. The van der Waals surface area contributed by atoms with Gasteiger partial charge in [-0.2, -0.15) is 0 Å². The molecule has 0 aromatic heterocycles. The number of piperidine rings is 2. The summed E-state index contributed by atoms with van der Waals surface area (Å²) >= 11 is 0. The van der Waals surface area contributed by atoms with E-state index < -0.39 is 0 Å². The highest BCUT2D eigenvalue weighted by Gasteiger charge is 2.23. The summed E-state index contributed by atoms with van der Waals surface area (Å²) in [6, 6.07) is 7.65. The Hall–Kier alpha value is -1.79. The van der Waals surface area contributed by atoms with Gasteiger partial charge in [0.15, 0.2) is 0 Å². The van der Waals surface area contributed by atoms with Crippen molar-refractivity contribution in [2.75, 3.05) is 51.2 Å². The highest BCUT2D eigenvalue weighted by Crippen LogP contribution is 2.19. The molecule has 0 aliphatic carbocycles. The lowest BCUT2D eigenvalue weighted by Gasteiger charge is -2.34. The Morgan fingerprint density at radius 2 is 1.50 bits per heavy atom. The number of nitrogens with one attached hydrogen (secondary N) is 1. The number of hydrogen-bond donors (Lipinski definition) is 1. The van der Waals surface area contributed by atoms with Crippen LogP contribution in [-0.2, 0) is 4.74 Å². The van der Waals surface area contributed by atoms with Gasteiger partial charge in [-0.15, -0.1) is 0 Å². The molecule has 0 bridgehead atoms. The number of carbonyl (C=O) groups is 1. The van der Waals surface area contributed by atoms with Gasteiger partial charge in [-0.1, -0.05) is 57.9 Å². The fourth-order valence-corrected chi connectivity index (χ4v) is 5.03. The largest absolute Gasteiger partial charge is 0.494 e. The molecule has 6 nitrogen and oxygen atoms in total. The van der Waals surface area contributed by atoms with Gasteiger partial charge in [0.1, 0.15) is 11.9 Å². The second-order valence-corrected chi connectivity index (χ2v) is 10.0. The predicted octanol–water partition coefficient (Wildman–Crippen LogP) is 6.31. The minimum Gasteiger partial charge on any atom is -0.494 e. The molecule has 192 valence electrons. The molecule has 2 aliphatic heterocycles. The Balaban J connectivity index is 1.45. The molecule has 1 N–H and O–H groups in total. The average molecular weight is 474 g/mol. The molecule has 2 fully saturated rings. The van der Waals surface area contributed by atoms with Gasteiger partial charge in [0, 0.05) is 24.8 Å². The first-order valence-electron chi connectivity index (χ1n) is 13.9. The number of ether oxygens (including phenoxy) is 2. The van der Waals surface area contributed by atoms with Gasteiger partial charge in [-0.05, 0) is 70.4 Å². The number of carbonyl (C=O) groups excluding carboxylic acids is 1. The monoisotopic (exact) mass is 473 g/mol. The van der Waals surface area contributed by atoms with Crippen molar-refractivity contribution in [3.63, 3.8) is 0 Å². The van der Waals surface area contributed by atoms with E-state index in [1.807, 2.05) is 24.3 Å². The van der Waals surface area contributed by atoms with Crippen LogP contribution in [0.5, 0.6) is 5.75 Å². The summed E-state index contributed by atoms with van der Waals surface area (Å²) in [6.07, 6.45) is 14.6. The summed E-state index contributed by atoms with van der Waals surface area (Å²) in [4.78, 5) is 17.7. The van der Waals surface area contributed by atoms with E-state index in [-0.39, 0.29) is 12.2 Å². The number of nitrogens with zero attached hydrogens (tertiary/aromatic N) is 2. The summed E-state index contributed by atoms with van der Waals surface area (Å²) in [7, 11) is 0. The van der Waals surface area contributed by atoms with Gasteiger partial charge in [0.2, 0.25) is 0 Å². The summed E-state index contributed by atoms with van der Waals surface area (Å²) in [5.74, 6) is 0.796. The van der Waals surface area contributed by atoms with Crippen LogP contribution < -0.4 is 10.1 Å². The van der Waals surface area contributed by atoms with Crippen molar-refractivity contribution >= 4 is 11.8 Å². The Kier molecular flexibility index (Phi) is 12.6. The first-order valence-corrected chi connectivity index (χ1v) is 13.9. The molecule has 0 saturated carbocycles. The van der Waals surface area contributed by atoms with E-state index in [2.05, 4.69) is 22.0 Å². The van der Waals surface area contributed by atoms with Crippen molar-refractivity contribution in [3.05, 3.63) is 24.3 Å². The van der Waals surface area contributed by atoms with E-state index in [1.54, 1.807) is 0 Å². The highest BCUT2D eigenvalue weighted by molar-refractivity contribution is 5.85. The van der Waals surface area contributed by atoms with Crippen LogP contribution in [0.15, 0.2) is 24.3 Å². The second kappa shape index (κ2) is 16.0. The number of benzene rings is 1. The first-order chi connectivity index (χ1) is 16.7. The molecule has 3 rings (SSSR count). The van der Waals surface area contributed by atoms with E-state index in [1.165, 1.54) is 70.6 Å². The number of amides is 1. The third-order valence-corrected chi connectivity index (χ3v) is 6.94. The molecule has 2 heterocycles. The predicted molar refractivity (Wildman–Crippen MR) is 140 cm³/mol. The zero-order valence-electron chi connectivity index (χ0n) is 21.4. The molecule has 2 aliphatic rings. The molecule has 0 atom stereocenters. The van der Waals surface area contributed by atoms with Crippen LogP contribution in [0.4, 0.5) is 10.5 Å². The SMILES string of the molecule is CCCCCCCCOc1cccc(NC(=O)OC(CN2CCCCC2)CN2CCCCC2)c1. The van der Waals surface area contributed by atoms with Crippen LogP contribution >= 0.6 is 0 Å². The third kappa shape index (κ3) is 10.6. The highest BCUT2D eigenvalue weighted by atomic mass is 16.6. The molecule has 1 amide bonds. The molecular formula is C28H47N3O3. The van der Waals surface area contributed by atoms with Gasteiger partial charge in [0.05, 0.1) is 6.61 Å². The van der Waals surface area contributed by atoms with Crippen molar-refractivity contribution in [3.8, 4) is 5.75 Å². The Labute approximate surface area is 207 Å². The maximum atomic E-state index is 12.8. The maximum absolute atomic E-state index is 12.8. The van der Waals surface area contributed by atoms with Crippen molar-refractivity contribution < 1.29 is 14.3 Å². The van der Waals surface area contributed by atoms with Crippen molar-refractivity contribution in [1.82, 2.24) is 9.80 Å². The van der Waals surface area contributed by atoms with Crippen molar-refractivity contribution in [2.24, 2.45) is 0 Å². The summed E-state index contributed by atoms with van der Waals surface area (Å²) < 4.78 is 11.9. The number of unbranched alkanes of at least 4 members (excludes halogenated alkanes) is 5. The zero-order chi connectivity index (χ0) is 23.8. The van der Waals surface area contributed by atoms with Gasteiger partial charge < -0.3 is 9.47 Å². The molecule has 1 aromatic rings. The lowest BCUT2D eigenvalue weighted by molar-refractivity contribution is 0.0438. The fraction of sp³-hybridized carbons (Fsp3) is 0.750. The number of anilines is 1. The molecular weight excluding hydrogens is 426 g/mol. The van der Waals surface area contributed by atoms with Gasteiger partial charge >= 0.3 is 6.09 Å².